The lowest BCUT2D eigenvalue weighted by Crippen LogP contribution is -2.39. The highest BCUT2D eigenvalue weighted by Crippen LogP contribution is 2.28. The minimum atomic E-state index is -0.0409. The summed E-state index contributed by atoms with van der Waals surface area (Å²) in [6.45, 7) is 3.79. The zero-order chi connectivity index (χ0) is 23.8. The van der Waals surface area contributed by atoms with E-state index in [1.807, 2.05) is 90.7 Å². The number of amides is 1. The first-order valence-electron chi connectivity index (χ1n) is 11.7. The van der Waals surface area contributed by atoms with Gasteiger partial charge in [0.15, 0.2) is 0 Å². The van der Waals surface area contributed by atoms with Gasteiger partial charge < -0.3 is 9.47 Å². The molecule has 0 spiro atoms. The summed E-state index contributed by atoms with van der Waals surface area (Å²) in [7, 11) is 0. The Morgan fingerprint density at radius 3 is 2.31 bits per heavy atom. The Balaban J connectivity index is 1.36. The fourth-order valence-corrected chi connectivity index (χ4v) is 4.63. The zero-order valence-electron chi connectivity index (χ0n) is 19.4. The second-order valence-corrected chi connectivity index (χ2v) is 8.61. The molecule has 0 saturated carbocycles. The highest BCUT2D eigenvalue weighted by Gasteiger charge is 2.29. The molecule has 0 fully saturated rings. The van der Waals surface area contributed by atoms with Gasteiger partial charge in [-0.2, -0.15) is 5.10 Å². The molecule has 35 heavy (non-hydrogen) atoms. The van der Waals surface area contributed by atoms with Crippen molar-refractivity contribution >= 4 is 5.91 Å². The molecule has 0 radical (unpaired) electrons. The largest absolute Gasteiger partial charge is 0.330 e. The van der Waals surface area contributed by atoms with Crippen LogP contribution >= 0.6 is 0 Å². The Labute approximate surface area is 203 Å². The van der Waals surface area contributed by atoms with Gasteiger partial charge in [-0.15, -0.1) is 0 Å². The minimum absolute atomic E-state index is 0.0409. The number of fused-ring (bicyclic) bond motifs is 1. The van der Waals surface area contributed by atoms with Gasteiger partial charge in [0.05, 0.1) is 29.3 Å². The molecule has 6 rings (SSSR count). The molecular weight excluding hydrogens is 436 g/mol. The molecule has 0 bridgehead atoms. The van der Waals surface area contributed by atoms with Crippen LogP contribution in [-0.4, -0.2) is 41.7 Å². The SMILES string of the molecule is Cc1nc(-c2ccncc2)n2c1CN(C(=O)c1cc(-c3ccccc3)nn1-c1ccccc1)CC2. The fourth-order valence-electron chi connectivity index (χ4n) is 4.63. The monoisotopic (exact) mass is 460 g/mol. The first kappa shape index (κ1) is 21.0. The van der Waals surface area contributed by atoms with E-state index in [-0.39, 0.29) is 5.91 Å². The van der Waals surface area contributed by atoms with Crippen molar-refractivity contribution in [3.63, 3.8) is 0 Å². The smallest absolute Gasteiger partial charge is 0.273 e. The van der Waals surface area contributed by atoms with Crippen LogP contribution in [0.25, 0.3) is 28.3 Å². The fraction of sp³-hybridized carbons (Fsp3) is 0.143. The maximum atomic E-state index is 13.9. The third-order valence-electron chi connectivity index (χ3n) is 6.43. The molecule has 7 heteroatoms. The molecule has 2 aromatic carbocycles. The number of nitrogens with zero attached hydrogens (tertiary/aromatic N) is 6. The van der Waals surface area contributed by atoms with E-state index in [4.69, 9.17) is 10.1 Å². The number of hydrogen-bond acceptors (Lipinski definition) is 4. The van der Waals surface area contributed by atoms with Crippen molar-refractivity contribution in [1.29, 1.82) is 0 Å². The van der Waals surface area contributed by atoms with Gasteiger partial charge in [0, 0.05) is 36.6 Å². The van der Waals surface area contributed by atoms with E-state index in [1.54, 1.807) is 17.1 Å². The van der Waals surface area contributed by atoms with E-state index in [9.17, 15) is 4.79 Å². The Kier molecular flexibility index (Phi) is 5.22. The van der Waals surface area contributed by atoms with E-state index in [1.165, 1.54) is 0 Å². The van der Waals surface area contributed by atoms with Gasteiger partial charge in [-0.3, -0.25) is 9.78 Å². The van der Waals surface area contributed by atoms with Crippen LogP contribution < -0.4 is 0 Å². The summed E-state index contributed by atoms with van der Waals surface area (Å²) in [5.41, 5.74) is 6.19. The van der Waals surface area contributed by atoms with Crippen molar-refractivity contribution in [1.82, 2.24) is 29.2 Å². The van der Waals surface area contributed by atoms with Crippen LogP contribution in [0.4, 0.5) is 0 Å². The first-order chi connectivity index (χ1) is 17.2. The van der Waals surface area contributed by atoms with Crippen LogP contribution in [0.3, 0.4) is 0 Å². The second kappa shape index (κ2) is 8.68. The van der Waals surface area contributed by atoms with E-state index in [0.29, 0.717) is 25.3 Å². The van der Waals surface area contributed by atoms with E-state index in [0.717, 1.165) is 39.7 Å². The number of benzene rings is 2. The van der Waals surface area contributed by atoms with Gasteiger partial charge in [0.1, 0.15) is 11.5 Å². The Hall–Kier alpha value is -4.52. The van der Waals surface area contributed by atoms with Gasteiger partial charge >= 0.3 is 0 Å². The van der Waals surface area contributed by atoms with Gasteiger partial charge in [-0.1, -0.05) is 48.5 Å². The van der Waals surface area contributed by atoms with Crippen LogP contribution in [0.5, 0.6) is 0 Å². The molecular formula is C28H24N6O. The van der Waals surface area contributed by atoms with Crippen LogP contribution in [-0.2, 0) is 13.1 Å². The molecule has 0 saturated heterocycles. The van der Waals surface area contributed by atoms with E-state index < -0.39 is 0 Å². The van der Waals surface area contributed by atoms with Crippen LogP contribution in [0.15, 0.2) is 91.3 Å². The molecule has 172 valence electrons. The van der Waals surface area contributed by atoms with Crippen molar-refractivity contribution in [2.45, 2.75) is 20.0 Å². The lowest BCUT2D eigenvalue weighted by Gasteiger charge is -2.29. The van der Waals surface area contributed by atoms with E-state index >= 15 is 0 Å². The zero-order valence-corrected chi connectivity index (χ0v) is 19.4. The number of imidazole rings is 1. The third-order valence-corrected chi connectivity index (χ3v) is 6.43. The number of aromatic nitrogens is 5. The normalized spacial score (nSPS) is 13.0. The van der Waals surface area contributed by atoms with Gasteiger partial charge in [-0.25, -0.2) is 9.67 Å². The van der Waals surface area contributed by atoms with Crippen molar-refractivity contribution in [3.8, 4) is 28.3 Å². The average molecular weight is 461 g/mol. The molecule has 4 heterocycles. The molecule has 5 aromatic rings. The average Bonchev–Trinajstić information content (AvgIpc) is 3.52. The molecule has 0 aliphatic carbocycles. The number of para-hydroxylation sites is 1. The Morgan fingerprint density at radius 1 is 0.857 bits per heavy atom. The summed E-state index contributed by atoms with van der Waals surface area (Å²) in [5, 5.41) is 4.82. The molecule has 7 nitrogen and oxygen atoms in total. The molecule has 0 atom stereocenters. The molecule has 0 N–H and O–H groups in total. The first-order valence-corrected chi connectivity index (χ1v) is 11.7. The topological polar surface area (TPSA) is 68.8 Å². The summed E-state index contributed by atoms with van der Waals surface area (Å²) < 4.78 is 3.98. The van der Waals surface area contributed by atoms with Crippen LogP contribution in [0.1, 0.15) is 21.9 Å². The highest BCUT2D eigenvalue weighted by molar-refractivity contribution is 5.94. The van der Waals surface area contributed by atoms with Gasteiger partial charge in [0.25, 0.3) is 5.91 Å². The molecule has 1 amide bonds. The summed E-state index contributed by atoms with van der Waals surface area (Å²) in [4.78, 5) is 24.7. The number of carbonyl (C=O) groups excluding carboxylic acids is 1. The van der Waals surface area contributed by atoms with E-state index in [2.05, 4.69) is 9.55 Å². The molecule has 1 aliphatic rings. The molecule has 1 aliphatic heterocycles. The Bertz CT molecular complexity index is 1490. The quantitative estimate of drug-likeness (QED) is 0.388. The predicted octanol–water partition coefficient (Wildman–Crippen LogP) is 4.76. The van der Waals surface area contributed by atoms with Gasteiger partial charge in [-0.05, 0) is 37.3 Å². The highest BCUT2D eigenvalue weighted by atomic mass is 16.2. The lowest BCUT2D eigenvalue weighted by atomic mass is 10.1. The molecule has 3 aromatic heterocycles. The van der Waals surface area contributed by atoms with Crippen molar-refractivity contribution < 1.29 is 4.79 Å². The predicted molar refractivity (Wildman–Crippen MR) is 134 cm³/mol. The number of carbonyl (C=O) groups is 1. The number of pyridine rings is 1. The van der Waals surface area contributed by atoms with Crippen molar-refractivity contribution in [3.05, 3.63) is 108 Å². The number of aryl methyl sites for hydroxylation is 1. The summed E-state index contributed by atoms with van der Waals surface area (Å²) >= 11 is 0. The standard InChI is InChI=1S/C28H24N6O/c1-20-26-19-32(16-17-33(26)27(30-20)22-12-14-29-15-13-22)28(35)25-18-24(21-8-4-2-5-9-21)31-34(25)23-10-6-3-7-11-23/h2-15,18H,16-17,19H2,1H3. The number of hydrogen-bond donors (Lipinski definition) is 0. The maximum absolute atomic E-state index is 13.9. The second-order valence-electron chi connectivity index (χ2n) is 8.61. The summed E-state index contributed by atoms with van der Waals surface area (Å²) in [6, 6.07) is 25.6. The van der Waals surface area contributed by atoms with Crippen LogP contribution in [0, 0.1) is 6.92 Å². The lowest BCUT2D eigenvalue weighted by molar-refractivity contribution is 0.0702. The van der Waals surface area contributed by atoms with Crippen molar-refractivity contribution in [2.24, 2.45) is 0 Å². The minimum Gasteiger partial charge on any atom is -0.330 e. The maximum Gasteiger partial charge on any atom is 0.273 e. The van der Waals surface area contributed by atoms with Crippen LogP contribution in [0.2, 0.25) is 0 Å². The third kappa shape index (κ3) is 3.81. The Morgan fingerprint density at radius 2 is 1.57 bits per heavy atom. The van der Waals surface area contributed by atoms with Crippen molar-refractivity contribution in [2.75, 3.05) is 6.54 Å². The number of rotatable bonds is 4. The van der Waals surface area contributed by atoms with Gasteiger partial charge in [0.2, 0.25) is 0 Å². The molecule has 0 unspecified atom stereocenters. The summed E-state index contributed by atoms with van der Waals surface area (Å²) in [5.74, 6) is 0.883. The summed E-state index contributed by atoms with van der Waals surface area (Å²) in [6.07, 6.45) is 3.56.